The van der Waals surface area contributed by atoms with Crippen LogP contribution < -0.4 is 0 Å². The number of hydrogen-bond donors (Lipinski definition) is 0. The van der Waals surface area contributed by atoms with Crippen molar-refractivity contribution in [2.24, 2.45) is 5.11 Å². The number of hydrogen-bond acceptors (Lipinski definition) is 2. The summed E-state index contributed by atoms with van der Waals surface area (Å²) in [5.74, 6) is 0.0245. The number of carbonyl (C=O) groups is 1. The fraction of sp³-hybridized carbons (Fsp3) is 0.308. The molecule has 0 bridgehead atoms. The van der Waals surface area contributed by atoms with E-state index in [1.54, 1.807) is 26.0 Å². The summed E-state index contributed by atoms with van der Waals surface area (Å²) in [5, 5.41) is 3.70. The Labute approximate surface area is 101 Å². The van der Waals surface area contributed by atoms with Gasteiger partial charge in [-0.1, -0.05) is 49.8 Å². The third-order valence-corrected chi connectivity index (χ3v) is 2.67. The number of benzene rings is 1. The molecular formula is C13H15N3O. The van der Waals surface area contributed by atoms with E-state index in [0.717, 1.165) is 11.1 Å². The van der Waals surface area contributed by atoms with E-state index < -0.39 is 5.54 Å². The number of nitrogens with zero attached hydrogens (tertiary/aromatic N) is 3. The summed E-state index contributed by atoms with van der Waals surface area (Å²) in [5.41, 5.74) is 10.1. The van der Waals surface area contributed by atoms with Gasteiger partial charge in [0.05, 0.1) is 5.54 Å². The summed E-state index contributed by atoms with van der Waals surface area (Å²) in [4.78, 5) is 13.9. The molecule has 0 spiro atoms. The zero-order chi connectivity index (χ0) is 13.1. The van der Waals surface area contributed by atoms with E-state index in [4.69, 9.17) is 5.53 Å². The van der Waals surface area contributed by atoms with Crippen LogP contribution >= 0.6 is 0 Å². The molecule has 1 aromatic carbocycles. The molecule has 4 heteroatoms. The maximum absolute atomic E-state index is 11.1. The van der Waals surface area contributed by atoms with Gasteiger partial charge in [0.15, 0.2) is 5.78 Å². The molecule has 0 saturated carbocycles. The highest BCUT2D eigenvalue weighted by Crippen LogP contribution is 2.28. The maximum atomic E-state index is 11.1. The second kappa shape index (κ2) is 4.85. The van der Waals surface area contributed by atoms with Crippen LogP contribution in [0.15, 0.2) is 36.0 Å². The zero-order valence-corrected chi connectivity index (χ0v) is 10.3. The molecule has 88 valence electrons. The first kappa shape index (κ1) is 13.0. The third kappa shape index (κ3) is 2.95. The molecule has 0 aromatic heterocycles. The standard InChI is InChI=1S/C13H15N3O/c1-9(13(3,4)15-16-14)11-5-7-12(8-6-11)10(2)17/h5-8H,1H2,2-4H3. The van der Waals surface area contributed by atoms with Gasteiger partial charge >= 0.3 is 0 Å². The quantitative estimate of drug-likeness (QED) is 0.333. The van der Waals surface area contributed by atoms with E-state index in [2.05, 4.69) is 16.6 Å². The second-order valence-corrected chi connectivity index (χ2v) is 4.36. The first-order chi connectivity index (χ1) is 7.88. The van der Waals surface area contributed by atoms with Gasteiger partial charge in [0.2, 0.25) is 0 Å². The van der Waals surface area contributed by atoms with Gasteiger partial charge in [0, 0.05) is 10.5 Å². The van der Waals surface area contributed by atoms with Crippen molar-refractivity contribution in [2.45, 2.75) is 26.3 Å². The SMILES string of the molecule is C=C(c1ccc(C(C)=O)cc1)C(C)(C)N=[N+]=[N-]. The summed E-state index contributed by atoms with van der Waals surface area (Å²) in [7, 11) is 0. The molecule has 0 aliphatic heterocycles. The molecule has 0 fully saturated rings. The van der Waals surface area contributed by atoms with E-state index in [1.165, 1.54) is 6.92 Å². The van der Waals surface area contributed by atoms with Gasteiger partial charge in [0.1, 0.15) is 0 Å². The summed E-state index contributed by atoms with van der Waals surface area (Å²) < 4.78 is 0. The second-order valence-electron chi connectivity index (χ2n) is 4.36. The van der Waals surface area contributed by atoms with Crippen LogP contribution in [0.1, 0.15) is 36.7 Å². The molecule has 4 nitrogen and oxygen atoms in total. The Morgan fingerprint density at radius 2 is 1.76 bits per heavy atom. The summed E-state index contributed by atoms with van der Waals surface area (Å²) in [6.45, 7) is 9.06. The highest BCUT2D eigenvalue weighted by Gasteiger charge is 2.21. The van der Waals surface area contributed by atoms with Crippen molar-refractivity contribution in [3.8, 4) is 0 Å². The minimum absolute atomic E-state index is 0.0245. The van der Waals surface area contributed by atoms with Crippen LogP contribution in [0.2, 0.25) is 0 Å². The molecule has 0 saturated heterocycles. The monoisotopic (exact) mass is 229 g/mol. The Morgan fingerprint density at radius 1 is 1.29 bits per heavy atom. The Bertz CT molecular complexity index is 494. The van der Waals surface area contributed by atoms with E-state index in [-0.39, 0.29) is 5.78 Å². The molecule has 0 N–H and O–H groups in total. The van der Waals surface area contributed by atoms with Gasteiger partial charge in [0.25, 0.3) is 0 Å². The number of ketones is 1. The first-order valence-corrected chi connectivity index (χ1v) is 5.25. The molecular weight excluding hydrogens is 214 g/mol. The molecule has 0 unspecified atom stereocenters. The Hall–Kier alpha value is -2.06. The van der Waals surface area contributed by atoms with Gasteiger partial charge in [-0.05, 0) is 23.6 Å². The first-order valence-electron chi connectivity index (χ1n) is 5.25. The van der Waals surface area contributed by atoms with Gasteiger partial charge in [-0.2, -0.15) is 0 Å². The molecule has 0 atom stereocenters. The van der Waals surface area contributed by atoms with Crippen LogP contribution in [0.5, 0.6) is 0 Å². The lowest BCUT2D eigenvalue weighted by Crippen LogP contribution is -2.17. The van der Waals surface area contributed by atoms with Crippen molar-refractivity contribution >= 4 is 11.4 Å². The van der Waals surface area contributed by atoms with Gasteiger partial charge in [-0.15, -0.1) is 0 Å². The molecule has 17 heavy (non-hydrogen) atoms. The summed E-state index contributed by atoms with van der Waals surface area (Å²) in [6.07, 6.45) is 0. The normalized spacial score (nSPS) is 10.5. The number of carbonyl (C=O) groups excluding carboxylic acids is 1. The minimum Gasteiger partial charge on any atom is -0.295 e. The number of azide groups is 1. The molecule has 0 aliphatic carbocycles. The number of rotatable bonds is 4. The predicted molar refractivity (Wildman–Crippen MR) is 68.7 cm³/mol. The molecule has 0 amide bonds. The summed E-state index contributed by atoms with van der Waals surface area (Å²) in [6, 6.07) is 7.12. The predicted octanol–water partition coefficient (Wildman–Crippen LogP) is 3.99. The van der Waals surface area contributed by atoms with Crippen molar-refractivity contribution in [2.75, 3.05) is 0 Å². The van der Waals surface area contributed by atoms with Crippen molar-refractivity contribution in [1.29, 1.82) is 0 Å². The largest absolute Gasteiger partial charge is 0.295 e. The van der Waals surface area contributed by atoms with Crippen molar-refractivity contribution in [1.82, 2.24) is 0 Å². The highest BCUT2D eigenvalue weighted by molar-refractivity contribution is 5.94. The molecule has 0 heterocycles. The van der Waals surface area contributed by atoms with Crippen LogP contribution in [0.4, 0.5) is 0 Å². The lowest BCUT2D eigenvalue weighted by Gasteiger charge is -2.21. The van der Waals surface area contributed by atoms with Crippen LogP contribution in [0.3, 0.4) is 0 Å². The van der Waals surface area contributed by atoms with E-state index in [1.807, 2.05) is 12.1 Å². The lowest BCUT2D eigenvalue weighted by molar-refractivity contribution is 0.101. The smallest absolute Gasteiger partial charge is 0.159 e. The average molecular weight is 229 g/mol. The van der Waals surface area contributed by atoms with Gasteiger partial charge < -0.3 is 0 Å². The topological polar surface area (TPSA) is 65.8 Å². The van der Waals surface area contributed by atoms with Crippen molar-refractivity contribution < 1.29 is 4.79 Å². The highest BCUT2D eigenvalue weighted by atomic mass is 16.1. The Balaban J connectivity index is 3.06. The molecule has 1 rings (SSSR count). The Kier molecular flexibility index (Phi) is 3.71. The van der Waals surface area contributed by atoms with Crippen LogP contribution in [0.25, 0.3) is 16.0 Å². The van der Waals surface area contributed by atoms with Crippen LogP contribution in [-0.4, -0.2) is 11.3 Å². The lowest BCUT2D eigenvalue weighted by atomic mass is 9.90. The van der Waals surface area contributed by atoms with Crippen molar-refractivity contribution in [3.05, 3.63) is 52.4 Å². The summed E-state index contributed by atoms with van der Waals surface area (Å²) >= 11 is 0. The van der Waals surface area contributed by atoms with Crippen molar-refractivity contribution in [3.63, 3.8) is 0 Å². The van der Waals surface area contributed by atoms with E-state index in [0.29, 0.717) is 5.56 Å². The maximum Gasteiger partial charge on any atom is 0.159 e. The van der Waals surface area contributed by atoms with Gasteiger partial charge in [-0.25, -0.2) is 0 Å². The average Bonchev–Trinajstić information content (AvgIpc) is 2.28. The van der Waals surface area contributed by atoms with Gasteiger partial charge in [-0.3, -0.25) is 4.79 Å². The van der Waals surface area contributed by atoms with E-state index in [9.17, 15) is 4.79 Å². The van der Waals surface area contributed by atoms with Crippen LogP contribution in [-0.2, 0) is 0 Å². The third-order valence-electron chi connectivity index (χ3n) is 2.67. The van der Waals surface area contributed by atoms with E-state index >= 15 is 0 Å². The number of Topliss-reactive ketones (excluding diaryl/α,β-unsaturated/α-hetero) is 1. The molecule has 1 aromatic rings. The minimum atomic E-state index is -0.674. The van der Waals surface area contributed by atoms with Crippen LogP contribution in [0, 0.1) is 0 Å². The molecule has 0 radical (unpaired) electrons. The fourth-order valence-corrected chi connectivity index (χ4v) is 1.43. The Morgan fingerprint density at radius 3 is 2.18 bits per heavy atom. The fourth-order valence-electron chi connectivity index (χ4n) is 1.43. The molecule has 0 aliphatic rings. The zero-order valence-electron chi connectivity index (χ0n) is 10.3.